The number of methoxy groups -OCH3 is 1. The summed E-state index contributed by atoms with van der Waals surface area (Å²) < 4.78 is 13.1. The van der Waals surface area contributed by atoms with Crippen molar-refractivity contribution in [3.8, 4) is 11.5 Å². The van der Waals surface area contributed by atoms with Crippen molar-refractivity contribution in [2.75, 3.05) is 18.2 Å². The maximum atomic E-state index is 12.5. The fourth-order valence-corrected chi connectivity index (χ4v) is 3.96. The van der Waals surface area contributed by atoms with Crippen molar-refractivity contribution in [1.82, 2.24) is 14.8 Å². The van der Waals surface area contributed by atoms with Crippen LogP contribution in [0.5, 0.6) is 11.5 Å². The number of thioether (sulfide) groups is 1. The minimum Gasteiger partial charge on any atom is -0.497 e. The molecule has 1 atom stereocenters. The molecule has 0 spiro atoms. The smallest absolute Gasteiger partial charge is 0.234 e. The lowest BCUT2D eigenvalue weighted by molar-refractivity contribution is -0.113. The van der Waals surface area contributed by atoms with Gasteiger partial charge in [0.1, 0.15) is 11.5 Å². The fraction of sp³-hybridized carbons (Fsp3) is 0.348. The summed E-state index contributed by atoms with van der Waals surface area (Å²) in [4.78, 5) is 12.5. The predicted molar refractivity (Wildman–Crippen MR) is 123 cm³/mol. The number of carbonyl (C=O) groups excluding carboxylic acids is 1. The molecule has 0 bridgehead atoms. The van der Waals surface area contributed by atoms with Gasteiger partial charge in [0.2, 0.25) is 5.91 Å². The van der Waals surface area contributed by atoms with Crippen molar-refractivity contribution in [3.05, 3.63) is 59.4 Å². The second-order valence-corrected chi connectivity index (χ2v) is 8.08. The monoisotopic (exact) mass is 440 g/mol. The van der Waals surface area contributed by atoms with E-state index >= 15 is 0 Å². The number of ether oxygens (including phenoxy) is 2. The van der Waals surface area contributed by atoms with Crippen molar-refractivity contribution >= 4 is 23.4 Å². The van der Waals surface area contributed by atoms with Gasteiger partial charge in [0.15, 0.2) is 17.1 Å². The number of hydrogen-bond donors (Lipinski definition) is 1. The predicted octanol–water partition coefficient (Wildman–Crippen LogP) is 4.57. The van der Waals surface area contributed by atoms with Crippen LogP contribution in [0.3, 0.4) is 0 Å². The van der Waals surface area contributed by atoms with Gasteiger partial charge >= 0.3 is 0 Å². The first-order valence-electron chi connectivity index (χ1n) is 10.1. The van der Waals surface area contributed by atoms with Gasteiger partial charge in [0.05, 0.1) is 12.9 Å². The van der Waals surface area contributed by atoms with Crippen LogP contribution in [-0.4, -0.2) is 33.5 Å². The molecule has 1 amide bonds. The van der Waals surface area contributed by atoms with Crippen LogP contribution in [0.4, 0.5) is 5.69 Å². The molecular weight excluding hydrogens is 412 g/mol. The Balaban J connectivity index is 1.62. The molecule has 1 N–H and O–H groups in total. The molecule has 0 aliphatic heterocycles. The van der Waals surface area contributed by atoms with Crippen molar-refractivity contribution < 1.29 is 14.3 Å². The molecule has 3 rings (SSSR count). The largest absolute Gasteiger partial charge is 0.497 e. The Bertz CT molecular complexity index is 1050. The summed E-state index contributed by atoms with van der Waals surface area (Å²) in [5.41, 5.74) is 3.08. The lowest BCUT2D eigenvalue weighted by Gasteiger charge is -2.15. The first kappa shape index (κ1) is 22.7. The second-order valence-electron chi connectivity index (χ2n) is 7.14. The molecule has 1 heterocycles. The molecule has 1 aromatic heterocycles. The molecule has 0 aliphatic carbocycles. The number of nitrogens with one attached hydrogen (secondary N) is 1. The van der Waals surface area contributed by atoms with Gasteiger partial charge in [-0.3, -0.25) is 4.79 Å². The summed E-state index contributed by atoms with van der Waals surface area (Å²) in [6, 6.07) is 13.5. The molecular formula is C23H28N4O3S. The third-order valence-electron chi connectivity index (χ3n) is 4.92. The minimum absolute atomic E-state index is 0.0702. The molecule has 0 saturated heterocycles. The van der Waals surface area contributed by atoms with Gasteiger partial charge in [0, 0.05) is 18.8 Å². The normalized spacial score (nSPS) is 11.8. The van der Waals surface area contributed by atoms with Gasteiger partial charge in [-0.05, 0) is 43.5 Å². The zero-order chi connectivity index (χ0) is 22.4. The molecule has 3 aromatic rings. The van der Waals surface area contributed by atoms with Gasteiger partial charge < -0.3 is 19.4 Å². The Morgan fingerprint density at radius 2 is 1.94 bits per heavy atom. The SMILES string of the molecule is CCc1cccc(C)c1NC(=O)CSc1nnc(C(C)Oc2cccc(OC)c2)n1C. The lowest BCUT2D eigenvalue weighted by Crippen LogP contribution is -2.16. The quantitative estimate of drug-likeness (QED) is 0.491. The van der Waals surface area contributed by atoms with E-state index in [9.17, 15) is 4.79 Å². The van der Waals surface area contributed by atoms with E-state index in [0.29, 0.717) is 16.7 Å². The van der Waals surface area contributed by atoms with E-state index in [1.165, 1.54) is 11.8 Å². The summed E-state index contributed by atoms with van der Waals surface area (Å²) >= 11 is 1.35. The first-order valence-corrected chi connectivity index (χ1v) is 11.1. The summed E-state index contributed by atoms with van der Waals surface area (Å²) in [7, 11) is 3.49. The number of aromatic nitrogens is 3. The highest BCUT2D eigenvalue weighted by molar-refractivity contribution is 7.99. The van der Waals surface area contributed by atoms with Crippen LogP contribution >= 0.6 is 11.8 Å². The highest BCUT2D eigenvalue weighted by Gasteiger charge is 2.18. The van der Waals surface area contributed by atoms with E-state index in [2.05, 4.69) is 22.4 Å². The molecule has 7 nitrogen and oxygen atoms in total. The Morgan fingerprint density at radius 3 is 2.68 bits per heavy atom. The van der Waals surface area contributed by atoms with E-state index in [1.54, 1.807) is 7.11 Å². The van der Waals surface area contributed by atoms with Gasteiger partial charge in [-0.15, -0.1) is 10.2 Å². The third kappa shape index (κ3) is 5.58. The van der Waals surface area contributed by atoms with Crippen molar-refractivity contribution in [3.63, 3.8) is 0 Å². The molecule has 8 heteroatoms. The zero-order valence-electron chi connectivity index (χ0n) is 18.5. The van der Waals surface area contributed by atoms with Crippen LogP contribution in [0, 0.1) is 6.92 Å². The van der Waals surface area contributed by atoms with E-state index in [1.807, 2.05) is 67.9 Å². The van der Waals surface area contributed by atoms with Crippen LogP contribution in [0.15, 0.2) is 47.6 Å². The zero-order valence-corrected chi connectivity index (χ0v) is 19.3. The molecule has 0 fully saturated rings. The minimum atomic E-state index is -0.313. The Hall–Kier alpha value is -3.00. The fourth-order valence-electron chi connectivity index (χ4n) is 3.24. The standard InChI is InChI=1S/C23H28N4O3S/c1-6-17-10-7-9-15(2)21(17)24-20(28)14-31-23-26-25-22(27(23)4)16(3)30-19-12-8-11-18(13-19)29-5/h7-13,16H,6,14H2,1-5H3,(H,24,28). The van der Waals surface area contributed by atoms with Crippen LogP contribution in [-0.2, 0) is 18.3 Å². The van der Waals surface area contributed by atoms with Crippen LogP contribution < -0.4 is 14.8 Å². The summed E-state index contributed by atoms with van der Waals surface area (Å²) in [5.74, 6) is 2.27. The van der Waals surface area contributed by atoms with E-state index in [0.717, 1.165) is 29.0 Å². The number of nitrogens with zero attached hydrogens (tertiary/aromatic N) is 3. The molecule has 0 aliphatic rings. The average Bonchev–Trinajstić information content (AvgIpc) is 3.14. The maximum absolute atomic E-state index is 12.5. The van der Waals surface area contributed by atoms with Gasteiger partial charge in [-0.25, -0.2) is 0 Å². The van der Waals surface area contributed by atoms with Crippen molar-refractivity contribution in [1.29, 1.82) is 0 Å². The van der Waals surface area contributed by atoms with Gasteiger partial charge in [-0.2, -0.15) is 0 Å². The molecule has 0 saturated carbocycles. The number of hydrogen-bond acceptors (Lipinski definition) is 6. The Morgan fingerprint density at radius 1 is 1.19 bits per heavy atom. The molecule has 164 valence electrons. The van der Waals surface area contributed by atoms with Gasteiger partial charge in [0.25, 0.3) is 0 Å². The van der Waals surface area contributed by atoms with Crippen LogP contribution in [0.1, 0.15) is 36.9 Å². The molecule has 31 heavy (non-hydrogen) atoms. The number of aryl methyl sites for hydroxylation is 2. The van der Waals surface area contributed by atoms with Crippen molar-refractivity contribution in [2.45, 2.75) is 38.5 Å². The van der Waals surface area contributed by atoms with Gasteiger partial charge in [-0.1, -0.05) is 43.0 Å². The highest BCUT2D eigenvalue weighted by atomic mass is 32.2. The summed E-state index contributed by atoms with van der Waals surface area (Å²) in [5, 5.41) is 12.2. The van der Waals surface area contributed by atoms with E-state index in [-0.39, 0.29) is 17.8 Å². The second kappa shape index (κ2) is 10.3. The number of benzene rings is 2. The number of para-hydroxylation sites is 1. The summed E-state index contributed by atoms with van der Waals surface area (Å²) in [6.07, 6.45) is 0.550. The van der Waals surface area contributed by atoms with Crippen molar-refractivity contribution in [2.24, 2.45) is 7.05 Å². The molecule has 2 aromatic carbocycles. The molecule has 1 unspecified atom stereocenters. The first-order chi connectivity index (χ1) is 14.9. The highest BCUT2D eigenvalue weighted by Crippen LogP contribution is 2.26. The maximum Gasteiger partial charge on any atom is 0.234 e. The van der Waals surface area contributed by atoms with E-state index < -0.39 is 0 Å². The van der Waals surface area contributed by atoms with Crippen LogP contribution in [0.2, 0.25) is 0 Å². The third-order valence-corrected chi connectivity index (χ3v) is 5.94. The summed E-state index contributed by atoms with van der Waals surface area (Å²) in [6.45, 7) is 5.99. The van der Waals surface area contributed by atoms with E-state index in [4.69, 9.17) is 9.47 Å². The Labute approximate surface area is 187 Å². The number of carbonyl (C=O) groups is 1. The number of rotatable bonds is 9. The van der Waals surface area contributed by atoms with Crippen LogP contribution in [0.25, 0.3) is 0 Å². The number of amides is 1. The average molecular weight is 441 g/mol. The lowest BCUT2D eigenvalue weighted by atomic mass is 10.1. The Kier molecular flexibility index (Phi) is 7.57. The molecule has 0 radical (unpaired) electrons. The number of anilines is 1. The topological polar surface area (TPSA) is 78.3 Å².